The summed E-state index contributed by atoms with van der Waals surface area (Å²) >= 11 is 0. The van der Waals surface area contributed by atoms with Crippen molar-refractivity contribution in [2.75, 3.05) is 7.11 Å². The van der Waals surface area contributed by atoms with Gasteiger partial charge in [-0.1, -0.05) is 113 Å². The summed E-state index contributed by atoms with van der Waals surface area (Å²) in [6.07, 6.45) is 4.28. The molecule has 214 valence electrons. The van der Waals surface area contributed by atoms with Gasteiger partial charge < -0.3 is 9.47 Å². The second kappa shape index (κ2) is 18.1. The van der Waals surface area contributed by atoms with Crippen LogP contribution in [0.2, 0.25) is 13.1 Å². The van der Waals surface area contributed by atoms with Crippen molar-refractivity contribution >= 4 is 32.1 Å². The van der Waals surface area contributed by atoms with Gasteiger partial charge in [-0.15, -0.1) is 29.7 Å². The number of ether oxygens (including phenoxy) is 2. The summed E-state index contributed by atoms with van der Waals surface area (Å²) in [5.41, 5.74) is 3.19. The molecule has 0 N–H and O–H groups in total. The number of para-hydroxylation sites is 1. The average Bonchev–Trinajstić information content (AvgIpc) is 3.47. The maximum atomic E-state index is 6.42. The molecule has 0 aliphatic heterocycles. The van der Waals surface area contributed by atoms with E-state index in [1.165, 1.54) is 10.8 Å². The maximum absolute atomic E-state index is 6.42. The van der Waals surface area contributed by atoms with Crippen molar-refractivity contribution in [2.24, 2.45) is 5.41 Å². The molecular formula is C38H41O2SiTi-. The normalized spacial score (nSPS) is 11.3. The molecule has 5 aromatic rings. The van der Waals surface area contributed by atoms with Crippen molar-refractivity contribution in [1.29, 1.82) is 0 Å². The van der Waals surface area contributed by atoms with Crippen molar-refractivity contribution in [2.45, 2.75) is 33.9 Å². The summed E-state index contributed by atoms with van der Waals surface area (Å²) in [6, 6.07) is 42.9. The quantitative estimate of drug-likeness (QED) is 0.0830. The van der Waals surface area contributed by atoms with Gasteiger partial charge in [0, 0.05) is 42.4 Å². The first-order chi connectivity index (χ1) is 19.9. The molecule has 0 spiro atoms. The Hall–Kier alpha value is -3.50. The van der Waals surface area contributed by atoms with Gasteiger partial charge in [-0.05, 0) is 35.2 Å². The monoisotopic (exact) mass is 605 g/mol. The zero-order valence-corrected chi connectivity index (χ0v) is 28.2. The van der Waals surface area contributed by atoms with Crippen LogP contribution in [0.25, 0.3) is 22.6 Å². The molecule has 0 bridgehead atoms. The van der Waals surface area contributed by atoms with Crippen molar-refractivity contribution in [3.8, 4) is 11.5 Å². The van der Waals surface area contributed by atoms with Gasteiger partial charge in [0.05, 0.1) is 7.11 Å². The minimum atomic E-state index is -0.108. The molecule has 4 heteroatoms. The van der Waals surface area contributed by atoms with E-state index in [4.69, 9.17) is 9.47 Å². The summed E-state index contributed by atoms with van der Waals surface area (Å²) in [5.74, 6) is 2.55. The number of methoxy groups -OCH3 is 1. The molecule has 0 heterocycles. The fourth-order valence-electron chi connectivity index (χ4n) is 4.10. The molecule has 0 fully saturated rings. The Morgan fingerprint density at radius 2 is 1.29 bits per heavy atom. The molecule has 0 saturated heterocycles. The van der Waals surface area contributed by atoms with Crippen LogP contribution in [0, 0.1) is 5.41 Å². The van der Waals surface area contributed by atoms with Crippen LogP contribution in [0.1, 0.15) is 31.9 Å². The molecule has 5 rings (SSSR count). The third kappa shape index (κ3) is 11.1. The SMILES string of the molecule is COc1ccc(C=CC(=C(Oc2ccccc2)c2ccccc2)C(C)(C)C)cc1.C[Si]C.[Ti].c1ccc2[cH-]ccc2c1. The molecule has 0 unspecified atom stereocenters. The molecule has 0 atom stereocenters. The third-order valence-corrected chi connectivity index (χ3v) is 6.16. The van der Waals surface area contributed by atoms with Gasteiger partial charge in [0.25, 0.3) is 0 Å². The fourth-order valence-corrected chi connectivity index (χ4v) is 4.10. The molecule has 0 aromatic heterocycles. The van der Waals surface area contributed by atoms with Crippen molar-refractivity contribution < 1.29 is 31.2 Å². The second-order valence-electron chi connectivity index (χ2n) is 10.5. The Morgan fingerprint density at radius 3 is 1.86 bits per heavy atom. The molecule has 42 heavy (non-hydrogen) atoms. The van der Waals surface area contributed by atoms with E-state index in [2.05, 4.69) is 113 Å². The smallest absolute Gasteiger partial charge is 0.138 e. The third-order valence-electron chi connectivity index (χ3n) is 6.16. The van der Waals surface area contributed by atoms with Crippen LogP contribution in [0.3, 0.4) is 0 Å². The Balaban J connectivity index is 0.000000393. The second-order valence-corrected chi connectivity index (χ2v) is 11.5. The fraction of sp³-hybridized carbons (Fsp3) is 0.184. The number of hydrogen-bond acceptors (Lipinski definition) is 2. The molecule has 0 saturated carbocycles. The minimum absolute atomic E-state index is 0. The number of allylic oxidation sites excluding steroid dienone is 2. The minimum Gasteiger partial charge on any atom is -0.497 e. The Morgan fingerprint density at radius 1 is 0.714 bits per heavy atom. The topological polar surface area (TPSA) is 18.5 Å². The van der Waals surface area contributed by atoms with Crippen molar-refractivity contribution in [3.63, 3.8) is 0 Å². The summed E-state index contributed by atoms with van der Waals surface area (Å²) in [5, 5.41) is 2.66. The Kier molecular flexibility index (Phi) is 15.0. The summed E-state index contributed by atoms with van der Waals surface area (Å²) < 4.78 is 11.7. The van der Waals surface area contributed by atoms with Crippen LogP contribution in [0.15, 0.2) is 139 Å². The van der Waals surface area contributed by atoms with E-state index in [9.17, 15) is 0 Å². The predicted octanol–water partition coefficient (Wildman–Crippen LogP) is 10.6. The van der Waals surface area contributed by atoms with Gasteiger partial charge in [-0.3, -0.25) is 0 Å². The van der Waals surface area contributed by atoms with Crippen LogP contribution in [0.4, 0.5) is 0 Å². The van der Waals surface area contributed by atoms with E-state index in [1.54, 1.807) is 7.11 Å². The Bertz CT molecular complexity index is 1470. The van der Waals surface area contributed by atoms with Crippen LogP contribution >= 0.6 is 0 Å². The number of rotatable bonds is 6. The van der Waals surface area contributed by atoms with Gasteiger partial charge in [0.15, 0.2) is 0 Å². The maximum Gasteiger partial charge on any atom is 0.138 e. The molecule has 2 nitrogen and oxygen atoms in total. The first-order valence-corrected chi connectivity index (χ1v) is 15.9. The van der Waals surface area contributed by atoms with Gasteiger partial charge in [-0.2, -0.15) is 17.5 Å². The number of hydrogen-bond donors (Lipinski definition) is 0. The van der Waals surface area contributed by atoms with E-state index in [0.717, 1.165) is 43.5 Å². The first-order valence-electron chi connectivity index (χ1n) is 13.9. The van der Waals surface area contributed by atoms with Crippen LogP contribution in [-0.2, 0) is 21.7 Å². The molecule has 0 amide bonds. The van der Waals surface area contributed by atoms with Crippen LogP contribution in [-0.4, -0.2) is 16.6 Å². The van der Waals surface area contributed by atoms with E-state index in [1.807, 2.05) is 60.7 Å². The predicted molar refractivity (Wildman–Crippen MR) is 179 cm³/mol. The number of fused-ring (bicyclic) bond motifs is 1. The average molecular weight is 606 g/mol. The van der Waals surface area contributed by atoms with E-state index < -0.39 is 0 Å². The molecule has 0 aliphatic carbocycles. The van der Waals surface area contributed by atoms with Gasteiger partial charge >= 0.3 is 0 Å². The summed E-state index contributed by atoms with van der Waals surface area (Å²) in [6.45, 7) is 10.9. The molecule has 0 aliphatic rings. The summed E-state index contributed by atoms with van der Waals surface area (Å²) in [4.78, 5) is 0. The number of benzene rings is 4. The van der Waals surface area contributed by atoms with Crippen molar-refractivity contribution in [1.82, 2.24) is 0 Å². The van der Waals surface area contributed by atoms with Crippen LogP contribution in [0.5, 0.6) is 11.5 Å². The van der Waals surface area contributed by atoms with Gasteiger partial charge in [0.1, 0.15) is 17.3 Å². The largest absolute Gasteiger partial charge is 0.497 e. The first kappa shape index (κ1) is 34.7. The van der Waals surface area contributed by atoms with Crippen LogP contribution < -0.4 is 9.47 Å². The molecular weight excluding hydrogens is 564 g/mol. The Labute approximate surface area is 270 Å². The summed E-state index contributed by atoms with van der Waals surface area (Å²) in [7, 11) is 2.76. The van der Waals surface area contributed by atoms with E-state index >= 15 is 0 Å². The van der Waals surface area contributed by atoms with Gasteiger partial charge in [-0.25, -0.2) is 0 Å². The molecule has 5 aromatic carbocycles. The van der Waals surface area contributed by atoms with Gasteiger partial charge in [0.2, 0.25) is 0 Å². The molecule has 2 radical (unpaired) electrons. The van der Waals surface area contributed by atoms with E-state index in [-0.39, 0.29) is 27.1 Å². The standard InChI is InChI=1S/C27H28O2.C9H7.C2H6Si.Ti/c1-27(2,3)25(20-17-21-15-18-23(28-4)19-16-21)26(22-11-7-5-8-12-22)29-24-13-9-6-10-14-24;1-2-5-9-7-3-6-8(9)4-1;1-3-2;/h5-20H,1-4H3;1-7H;1-2H3;/q;-1;;. The zero-order chi connectivity index (χ0) is 29.5. The van der Waals surface area contributed by atoms with E-state index in [0.29, 0.717) is 0 Å². The van der Waals surface area contributed by atoms with Crippen molar-refractivity contribution in [3.05, 3.63) is 150 Å². The zero-order valence-electron chi connectivity index (χ0n) is 25.6.